The Kier molecular flexibility index (Phi) is 4.99. The van der Waals surface area contributed by atoms with Crippen molar-refractivity contribution < 1.29 is 9.59 Å². The molecule has 128 valence electrons. The fourth-order valence-electron chi connectivity index (χ4n) is 3.27. The van der Waals surface area contributed by atoms with Crippen molar-refractivity contribution in [2.75, 3.05) is 6.54 Å². The van der Waals surface area contributed by atoms with Gasteiger partial charge in [-0.3, -0.25) is 14.3 Å². The molecule has 0 bridgehead atoms. The highest BCUT2D eigenvalue weighted by Gasteiger charge is 2.32. The molecule has 0 aromatic carbocycles. The quantitative estimate of drug-likeness (QED) is 0.904. The van der Waals surface area contributed by atoms with E-state index in [9.17, 15) is 9.59 Å². The average molecular weight is 346 g/mol. The van der Waals surface area contributed by atoms with Gasteiger partial charge < -0.3 is 10.2 Å². The van der Waals surface area contributed by atoms with Crippen LogP contribution < -0.4 is 5.32 Å². The fourth-order valence-corrected chi connectivity index (χ4v) is 4.05. The third-order valence-corrected chi connectivity index (χ3v) is 5.31. The number of carbonyl (C=O) groups is 2. The SMILES string of the molecule is CC(=O)N[C@@H](CC(=O)N1CCC[C@H]1c1cnn(C)c1)c1cccs1. The van der Waals surface area contributed by atoms with Crippen LogP contribution in [0.25, 0.3) is 0 Å². The van der Waals surface area contributed by atoms with Gasteiger partial charge in [0.2, 0.25) is 11.8 Å². The molecule has 0 unspecified atom stereocenters. The minimum absolute atomic E-state index is 0.0773. The topological polar surface area (TPSA) is 67.2 Å². The van der Waals surface area contributed by atoms with Crippen molar-refractivity contribution in [1.82, 2.24) is 20.0 Å². The first-order chi connectivity index (χ1) is 11.5. The first-order valence-corrected chi connectivity index (χ1v) is 9.01. The van der Waals surface area contributed by atoms with Crippen molar-refractivity contribution in [3.63, 3.8) is 0 Å². The first-order valence-electron chi connectivity index (χ1n) is 8.13. The van der Waals surface area contributed by atoms with Gasteiger partial charge in [0.1, 0.15) is 0 Å². The van der Waals surface area contributed by atoms with Crippen LogP contribution in [-0.2, 0) is 16.6 Å². The van der Waals surface area contributed by atoms with Gasteiger partial charge in [-0.1, -0.05) is 6.07 Å². The van der Waals surface area contributed by atoms with Gasteiger partial charge in [-0.05, 0) is 24.3 Å². The maximum atomic E-state index is 12.9. The van der Waals surface area contributed by atoms with Crippen molar-refractivity contribution in [3.8, 4) is 0 Å². The Labute approximate surface area is 145 Å². The van der Waals surface area contributed by atoms with E-state index in [2.05, 4.69) is 10.4 Å². The van der Waals surface area contributed by atoms with Crippen molar-refractivity contribution in [2.24, 2.45) is 7.05 Å². The van der Waals surface area contributed by atoms with E-state index in [0.29, 0.717) is 0 Å². The second-order valence-electron chi connectivity index (χ2n) is 6.17. The molecule has 1 aliphatic rings. The highest BCUT2D eigenvalue weighted by Crippen LogP contribution is 2.33. The summed E-state index contributed by atoms with van der Waals surface area (Å²) >= 11 is 1.56. The zero-order valence-corrected chi connectivity index (χ0v) is 14.8. The summed E-state index contributed by atoms with van der Waals surface area (Å²) in [6, 6.07) is 3.73. The first kappa shape index (κ1) is 16.7. The number of likely N-dealkylation sites (tertiary alicyclic amines) is 1. The summed E-state index contributed by atoms with van der Waals surface area (Å²) in [5.41, 5.74) is 1.08. The molecule has 1 saturated heterocycles. The smallest absolute Gasteiger partial charge is 0.225 e. The number of hydrogen-bond acceptors (Lipinski definition) is 4. The van der Waals surface area contributed by atoms with Crippen LogP contribution in [0.5, 0.6) is 0 Å². The van der Waals surface area contributed by atoms with Crippen molar-refractivity contribution in [1.29, 1.82) is 0 Å². The highest BCUT2D eigenvalue weighted by atomic mass is 32.1. The average Bonchev–Trinajstić information content (AvgIpc) is 3.27. The molecular weight excluding hydrogens is 324 g/mol. The van der Waals surface area contributed by atoms with E-state index >= 15 is 0 Å². The third kappa shape index (κ3) is 3.67. The molecule has 6 nitrogen and oxygen atoms in total. The van der Waals surface area contributed by atoms with Gasteiger partial charge in [-0.15, -0.1) is 11.3 Å². The molecule has 2 aromatic heterocycles. The minimum Gasteiger partial charge on any atom is -0.348 e. The number of thiophene rings is 1. The molecule has 2 aromatic rings. The summed E-state index contributed by atoms with van der Waals surface area (Å²) in [5, 5.41) is 9.08. The lowest BCUT2D eigenvalue weighted by Gasteiger charge is -2.26. The summed E-state index contributed by atoms with van der Waals surface area (Å²) in [5.74, 6) is -0.0417. The lowest BCUT2D eigenvalue weighted by Crippen LogP contribution is -2.35. The maximum Gasteiger partial charge on any atom is 0.225 e. The van der Waals surface area contributed by atoms with E-state index in [-0.39, 0.29) is 30.3 Å². The number of amides is 2. The summed E-state index contributed by atoms with van der Waals surface area (Å²) < 4.78 is 1.77. The van der Waals surface area contributed by atoms with Gasteiger partial charge in [0.05, 0.1) is 24.7 Å². The largest absolute Gasteiger partial charge is 0.348 e. The lowest BCUT2D eigenvalue weighted by atomic mass is 10.1. The summed E-state index contributed by atoms with van der Waals surface area (Å²) in [7, 11) is 1.88. The third-order valence-electron chi connectivity index (χ3n) is 4.33. The number of aryl methyl sites for hydroxylation is 1. The second kappa shape index (κ2) is 7.17. The van der Waals surface area contributed by atoms with Crippen molar-refractivity contribution in [3.05, 3.63) is 40.3 Å². The van der Waals surface area contributed by atoms with E-state index in [1.807, 2.05) is 41.9 Å². The maximum absolute atomic E-state index is 12.9. The number of aromatic nitrogens is 2. The number of rotatable bonds is 5. The molecule has 0 saturated carbocycles. The monoisotopic (exact) mass is 346 g/mol. The molecule has 7 heteroatoms. The van der Waals surface area contributed by atoms with E-state index in [1.165, 1.54) is 6.92 Å². The minimum atomic E-state index is -0.259. The molecule has 3 rings (SSSR count). The van der Waals surface area contributed by atoms with Gasteiger partial charge in [-0.25, -0.2) is 0 Å². The van der Waals surface area contributed by atoms with E-state index in [4.69, 9.17) is 0 Å². The Hall–Kier alpha value is -2.15. The summed E-state index contributed by atoms with van der Waals surface area (Å²) in [6.07, 6.45) is 6.05. The van der Waals surface area contributed by atoms with Crippen LogP contribution in [0.15, 0.2) is 29.9 Å². The molecule has 1 N–H and O–H groups in total. The number of hydrogen-bond donors (Lipinski definition) is 1. The predicted molar refractivity (Wildman–Crippen MR) is 92.4 cm³/mol. The zero-order chi connectivity index (χ0) is 17.1. The Morgan fingerprint density at radius 3 is 2.96 bits per heavy atom. The van der Waals surface area contributed by atoms with Crippen LogP contribution in [-0.4, -0.2) is 33.0 Å². The molecular formula is C17H22N4O2S. The molecule has 0 aliphatic carbocycles. The van der Waals surface area contributed by atoms with Gasteiger partial charge in [-0.2, -0.15) is 5.10 Å². The predicted octanol–water partition coefficient (Wildman–Crippen LogP) is 2.41. The van der Waals surface area contributed by atoms with Gasteiger partial charge in [0, 0.05) is 37.2 Å². The van der Waals surface area contributed by atoms with Gasteiger partial charge in [0.25, 0.3) is 0 Å². The number of nitrogens with zero attached hydrogens (tertiary/aromatic N) is 3. The van der Waals surface area contributed by atoms with E-state index in [1.54, 1.807) is 16.0 Å². The second-order valence-corrected chi connectivity index (χ2v) is 7.14. The Morgan fingerprint density at radius 1 is 1.50 bits per heavy atom. The normalized spacial score (nSPS) is 18.6. The number of carbonyl (C=O) groups excluding carboxylic acids is 2. The van der Waals surface area contributed by atoms with Gasteiger partial charge >= 0.3 is 0 Å². The van der Waals surface area contributed by atoms with Gasteiger partial charge in [0.15, 0.2) is 0 Å². The van der Waals surface area contributed by atoms with E-state index < -0.39 is 0 Å². The molecule has 1 fully saturated rings. The lowest BCUT2D eigenvalue weighted by molar-refractivity contribution is -0.133. The van der Waals surface area contributed by atoms with Crippen molar-refractivity contribution >= 4 is 23.2 Å². The van der Waals surface area contributed by atoms with Crippen LogP contribution in [0.4, 0.5) is 0 Å². The Balaban J connectivity index is 1.73. The van der Waals surface area contributed by atoms with E-state index in [0.717, 1.165) is 29.8 Å². The Morgan fingerprint density at radius 2 is 2.33 bits per heavy atom. The van der Waals surface area contributed by atoms with Crippen LogP contribution in [0.1, 0.15) is 48.7 Å². The molecule has 24 heavy (non-hydrogen) atoms. The zero-order valence-electron chi connectivity index (χ0n) is 13.9. The van der Waals surface area contributed by atoms with Crippen LogP contribution >= 0.6 is 11.3 Å². The molecule has 3 heterocycles. The molecule has 2 amide bonds. The number of nitrogens with one attached hydrogen (secondary N) is 1. The highest BCUT2D eigenvalue weighted by molar-refractivity contribution is 7.10. The standard InChI is InChI=1S/C17H22N4O2S/c1-12(22)19-14(16-6-4-8-24-16)9-17(23)21-7-3-5-15(21)13-10-18-20(2)11-13/h4,6,8,10-11,14-15H,3,5,7,9H2,1-2H3,(H,19,22)/t14-,15-/m0/s1. The molecule has 1 aliphatic heterocycles. The Bertz CT molecular complexity index is 710. The summed E-state index contributed by atoms with van der Waals surface area (Å²) in [4.78, 5) is 27.3. The van der Waals surface area contributed by atoms with Crippen molar-refractivity contribution in [2.45, 2.75) is 38.3 Å². The molecule has 0 radical (unpaired) electrons. The molecule has 0 spiro atoms. The fraction of sp³-hybridized carbons (Fsp3) is 0.471. The molecule has 2 atom stereocenters. The van der Waals surface area contributed by atoms with Crippen LogP contribution in [0, 0.1) is 0 Å². The van der Waals surface area contributed by atoms with Crippen LogP contribution in [0.2, 0.25) is 0 Å². The summed E-state index contributed by atoms with van der Waals surface area (Å²) in [6.45, 7) is 2.25. The van der Waals surface area contributed by atoms with Crippen LogP contribution in [0.3, 0.4) is 0 Å².